The molecule has 3 rings (SSSR count). The molecule has 1 aromatic carbocycles. The fourth-order valence-electron chi connectivity index (χ4n) is 4.01. The van der Waals surface area contributed by atoms with Gasteiger partial charge in [0.25, 0.3) is 0 Å². The largest absolute Gasteiger partial charge is 0.377 e. The lowest BCUT2D eigenvalue weighted by molar-refractivity contribution is -0.0562. The number of ether oxygens (including phenoxy) is 1. The van der Waals surface area contributed by atoms with Crippen LogP contribution in [-0.4, -0.2) is 42.6 Å². The number of thioether (sulfide) groups is 1. The van der Waals surface area contributed by atoms with Crippen molar-refractivity contribution in [1.82, 2.24) is 4.90 Å². The van der Waals surface area contributed by atoms with Gasteiger partial charge in [-0.25, -0.2) is 0 Å². The lowest BCUT2D eigenvalue weighted by Gasteiger charge is -2.54. The van der Waals surface area contributed by atoms with E-state index in [0.29, 0.717) is 5.41 Å². The Morgan fingerprint density at radius 3 is 2.57 bits per heavy atom. The van der Waals surface area contributed by atoms with Crippen LogP contribution in [0.5, 0.6) is 0 Å². The van der Waals surface area contributed by atoms with Gasteiger partial charge < -0.3 is 9.64 Å². The van der Waals surface area contributed by atoms with Crippen molar-refractivity contribution >= 4 is 11.8 Å². The van der Waals surface area contributed by atoms with Crippen molar-refractivity contribution in [3.05, 3.63) is 35.9 Å². The summed E-state index contributed by atoms with van der Waals surface area (Å²) in [7, 11) is 0. The Morgan fingerprint density at radius 1 is 1.13 bits per heavy atom. The highest BCUT2D eigenvalue weighted by Crippen LogP contribution is 2.53. The summed E-state index contributed by atoms with van der Waals surface area (Å²) in [6.45, 7) is 10.5. The van der Waals surface area contributed by atoms with E-state index in [9.17, 15) is 0 Å². The van der Waals surface area contributed by atoms with Gasteiger partial charge in [-0.2, -0.15) is 11.8 Å². The molecule has 1 aliphatic carbocycles. The Kier molecular flexibility index (Phi) is 6.06. The van der Waals surface area contributed by atoms with Crippen molar-refractivity contribution in [2.45, 2.75) is 33.3 Å². The number of nitrogens with zero attached hydrogens (tertiary/aromatic N) is 1. The van der Waals surface area contributed by atoms with Gasteiger partial charge in [-0.3, -0.25) is 0 Å². The van der Waals surface area contributed by atoms with Crippen molar-refractivity contribution in [1.29, 1.82) is 0 Å². The minimum Gasteiger partial charge on any atom is -0.377 e. The second-order valence-corrected chi connectivity index (χ2v) is 8.92. The number of benzene rings is 1. The van der Waals surface area contributed by atoms with Crippen molar-refractivity contribution < 1.29 is 4.74 Å². The first-order valence-corrected chi connectivity index (χ1v) is 10.2. The third-order valence-corrected chi connectivity index (χ3v) is 6.92. The molecule has 1 saturated carbocycles. The van der Waals surface area contributed by atoms with E-state index in [1.165, 1.54) is 49.5 Å². The second kappa shape index (κ2) is 8.04. The lowest BCUT2D eigenvalue weighted by Crippen LogP contribution is -2.51. The average Bonchev–Trinajstić information content (AvgIpc) is 2.58. The van der Waals surface area contributed by atoms with Crippen molar-refractivity contribution in [3.63, 3.8) is 0 Å². The number of hydrogen-bond acceptors (Lipinski definition) is 3. The van der Waals surface area contributed by atoms with E-state index in [0.717, 1.165) is 25.0 Å². The van der Waals surface area contributed by atoms with Gasteiger partial charge >= 0.3 is 0 Å². The first kappa shape index (κ1) is 17.3. The Morgan fingerprint density at radius 2 is 1.87 bits per heavy atom. The molecule has 3 heteroatoms. The molecule has 128 valence electrons. The molecule has 0 amide bonds. The van der Waals surface area contributed by atoms with Crippen LogP contribution in [0.15, 0.2) is 30.3 Å². The molecule has 2 fully saturated rings. The summed E-state index contributed by atoms with van der Waals surface area (Å²) >= 11 is 2.11. The van der Waals surface area contributed by atoms with Crippen molar-refractivity contribution in [2.24, 2.45) is 17.3 Å². The molecular weight excluding hydrogens is 302 g/mol. The SMILES string of the molecule is CC1(C)C(CN2CCSCC2)C[C@@H]1CCOCc1ccccc1. The fraction of sp³-hybridized carbons (Fsp3) is 0.700. The third-order valence-electron chi connectivity index (χ3n) is 5.98. The summed E-state index contributed by atoms with van der Waals surface area (Å²) in [5.41, 5.74) is 1.77. The standard InChI is InChI=1S/C20H31NOS/c1-20(2)18(8-11-22-16-17-6-4-3-5-7-17)14-19(20)15-21-9-12-23-13-10-21/h3-7,18-19H,8-16H2,1-2H3/t18-,19?/m0/s1. The average molecular weight is 334 g/mol. The van der Waals surface area contributed by atoms with Crippen LogP contribution >= 0.6 is 11.8 Å². The summed E-state index contributed by atoms with van der Waals surface area (Å²) < 4.78 is 5.89. The summed E-state index contributed by atoms with van der Waals surface area (Å²) in [4.78, 5) is 2.69. The lowest BCUT2D eigenvalue weighted by atomic mass is 9.53. The van der Waals surface area contributed by atoms with Crippen LogP contribution in [0.3, 0.4) is 0 Å². The van der Waals surface area contributed by atoms with Crippen LogP contribution in [0.2, 0.25) is 0 Å². The highest BCUT2D eigenvalue weighted by molar-refractivity contribution is 7.99. The molecule has 2 nitrogen and oxygen atoms in total. The predicted molar refractivity (Wildman–Crippen MR) is 99.9 cm³/mol. The normalized spacial score (nSPS) is 27.6. The topological polar surface area (TPSA) is 12.5 Å². The van der Waals surface area contributed by atoms with E-state index < -0.39 is 0 Å². The van der Waals surface area contributed by atoms with Gasteiger partial charge in [-0.1, -0.05) is 44.2 Å². The maximum Gasteiger partial charge on any atom is 0.0716 e. The highest BCUT2D eigenvalue weighted by Gasteiger charge is 2.47. The molecule has 1 heterocycles. The molecule has 2 aliphatic rings. The zero-order valence-electron chi connectivity index (χ0n) is 14.7. The molecule has 0 bridgehead atoms. The Labute approximate surface area is 146 Å². The zero-order valence-corrected chi connectivity index (χ0v) is 15.5. The van der Waals surface area contributed by atoms with Crippen molar-refractivity contribution in [3.8, 4) is 0 Å². The van der Waals surface area contributed by atoms with Crippen LogP contribution in [0.4, 0.5) is 0 Å². The van der Waals surface area contributed by atoms with E-state index in [2.05, 4.69) is 60.8 Å². The van der Waals surface area contributed by atoms with Gasteiger partial charge in [-0.15, -0.1) is 0 Å². The maximum atomic E-state index is 5.89. The zero-order chi connectivity index (χ0) is 16.1. The molecule has 0 N–H and O–H groups in total. The maximum absolute atomic E-state index is 5.89. The van der Waals surface area contributed by atoms with Crippen LogP contribution in [0.1, 0.15) is 32.3 Å². The highest BCUT2D eigenvalue weighted by atomic mass is 32.2. The summed E-state index contributed by atoms with van der Waals surface area (Å²) in [5.74, 6) is 4.36. The molecule has 1 unspecified atom stereocenters. The van der Waals surface area contributed by atoms with Gasteiger partial charge in [-0.05, 0) is 35.7 Å². The van der Waals surface area contributed by atoms with Gasteiger partial charge in [0.05, 0.1) is 6.61 Å². The minimum absolute atomic E-state index is 0.487. The molecule has 1 aliphatic heterocycles. The van der Waals surface area contributed by atoms with Gasteiger partial charge in [0.2, 0.25) is 0 Å². The number of hydrogen-bond donors (Lipinski definition) is 0. The van der Waals surface area contributed by atoms with Crippen LogP contribution in [0, 0.1) is 17.3 Å². The van der Waals surface area contributed by atoms with E-state index in [4.69, 9.17) is 4.74 Å². The molecule has 1 aromatic rings. The Bertz CT molecular complexity index is 470. The quantitative estimate of drug-likeness (QED) is 0.690. The van der Waals surface area contributed by atoms with E-state index in [1.807, 2.05) is 0 Å². The van der Waals surface area contributed by atoms with Gasteiger partial charge in [0.1, 0.15) is 0 Å². The van der Waals surface area contributed by atoms with E-state index in [-0.39, 0.29) is 0 Å². The first-order valence-electron chi connectivity index (χ1n) is 9.08. The molecule has 1 saturated heterocycles. The summed E-state index contributed by atoms with van der Waals surface area (Å²) in [6, 6.07) is 10.5. The second-order valence-electron chi connectivity index (χ2n) is 7.69. The van der Waals surface area contributed by atoms with E-state index >= 15 is 0 Å². The number of rotatable bonds is 7. The fourth-order valence-corrected chi connectivity index (χ4v) is 4.99. The molecule has 0 radical (unpaired) electrons. The predicted octanol–water partition coefficient (Wildman–Crippen LogP) is 4.30. The molecule has 0 aromatic heterocycles. The summed E-state index contributed by atoms with van der Waals surface area (Å²) in [5, 5.41) is 0. The Hall–Kier alpha value is -0.510. The molecule has 2 atom stereocenters. The van der Waals surface area contributed by atoms with Crippen LogP contribution in [0.25, 0.3) is 0 Å². The summed E-state index contributed by atoms with van der Waals surface area (Å²) in [6.07, 6.45) is 2.61. The minimum atomic E-state index is 0.487. The monoisotopic (exact) mass is 333 g/mol. The van der Waals surface area contributed by atoms with Crippen molar-refractivity contribution in [2.75, 3.05) is 37.7 Å². The van der Waals surface area contributed by atoms with Crippen LogP contribution in [-0.2, 0) is 11.3 Å². The molecule has 0 spiro atoms. The molecule has 23 heavy (non-hydrogen) atoms. The third kappa shape index (κ3) is 4.52. The van der Waals surface area contributed by atoms with Crippen LogP contribution < -0.4 is 0 Å². The first-order chi connectivity index (χ1) is 11.2. The van der Waals surface area contributed by atoms with Gasteiger partial charge in [0, 0.05) is 37.7 Å². The smallest absolute Gasteiger partial charge is 0.0716 e. The molecular formula is C20H31NOS. The van der Waals surface area contributed by atoms with Gasteiger partial charge in [0.15, 0.2) is 0 Å². The van der Waals surface area contributed by atoms with E-state index in [1.54, 1.807) is 0 Å². The Balaban J connectivity index is 1.35.